The predicted octanol–water partition coefficient (Wildman–Crippen LogP) is 2.10. The lowest BCUT2D eigenvalue weighted by Gasteiger charge is -2.12. The van der Waals surface area contributed by atoms with Crippen LogP contribution in [0.5, 0.6) is 0 Å². The lowest BCUT2D eigenvalue weighted by Crippen LogP contribution is -2.26. The van der Waals surface area contributed by atoms with Gasteiger partial charge in [-0.1, -0.05) is 12.8 Å². The Kier molecular flexibility index (Phi) is 4.79. The van der Waals surface area contributed by atoms with Crippen LogP contribution in [0, 0.1) is 16.0 Å². The van der Waals surface area contributed by atoms with Crippen LogP contribution in [0.25, 0.3) is 0 Å². The first-order valence-electron chi connectivity index (χ1n) is 6.96. The van der Waals surface area contributed by atoms with E-state index in [0.717, 1.165) is 25.3 Å². The molecule has 0 heterocycles. The molecule has 0 radical (unpaired) electrons. The molecule has 0 bridgehead atoms. The quantitative estimate of drug-likeness (QED) is 0.565. The van der Waals surface area contributed by atoms with Crippen molar-refractivity contribution in [2.24, 2.45) is 5.92 Å². The van der Waals surface area contributed by atoms with Gasteiger partial charge >= 0.3 is 0 Å². The van der Waals surface area contributed by atoms with Gasteiger partial charge in [0.1, 0.15) is 4.90 Å². The SMILES string of the molecule is CCNc1ccc([N+](=O)[O-])cc1S(=O)(=O)NCCC1CC1. The van der Waals surface area contributed by atoms with Crippen molar-refractivity contribution in [3.05, 3.63) is 28.3 Å². The third-order valence-corrected chi connectivity index (χ3v) is 4.88. The lowest BCUT2D eigenvalue weighted by molar-refractivity contribution is -0.385. The van der Waals surface area contributed by atoms with Crippen LogP contribution in [0.15, 0.2) is 23.1 Å². The molecule has 0 amide bonds. The van der Waals surface area contributed by atoms with Gasteiger partial charge in [0.25, 0.3) is 5.69 Å². The number of nitrogens with one attached hydrogen (secondary N) is 2. The van der Waals surface area contributed by atoms with Crippen LogP contribution in [-0.4, -0.2) is 26.4 Å². The van der Waals surface area contributed by atoms with Gasteiger partial charge in [-0.15, -0.1) is 0 Å². The summed E-state index contributed by atoms with van der Waals surface area (Å²) in [5.41, 5.74) is 0.140. The summed E-state index contributed by atoms with van der Waals surface area (Å²) in [6, 6.07) is 3.82. The van der Waals surface area contributed by atoms with Crippen molar-refractivity contribution in [1.82, 2.24) is 4.72 Å². The van der Waals surface area contributed by atoms with Crippen LogP contribution in [0.3, 0.4) is 0 Å². The van der Waals surface area contributed by atoms with E-state index in [1.54, 1.807) is 0 Å². The molecule has 0 spiro atoms. The Balaban J connectivity index is 2.23. The molecule has 1 aromatic carbocycles. The Morgan fingerprint density at radius 1 is 1.38 bits per heavy atom. The zero-order chi connectivity index (χ0) is 15.5. The Bertz CT molecular complexity index is 626. The van der Waals surface area contributed by atoms with Gasteiger partial charge in [-0.2, -0.15) is 0 Å². The maximum Gasteiger partial charge on any atom is 0.270 e. The van der Waals surface area contributed by atoms with Gasteiger partial charge in [-0.25, -0.2) is 13.1 Å². The number of nitro groups is 1. The monoisotopic (exact) mass is 313 g/mol. The van der Waals surface area contributed by atoms with Crippen molar-refractivity contribution < 1.29 is 13.3 Å². The van der Waals surface area contributed by atoms with Crippen molar-refractivity contribution in [2.45, 2.75) is 31.1 Å². The second-order valence-corrected chi connectivity index (χ2v) is 6.83. The fourth-order valence-corrected chi connectivity index (χ4v) is 3.31. The van der Waals surface area contributed by atoms with E-state index in [2.05, 4.69) is 10.0 Å². The number of anilines is 1. The van der Waals surface area contributed by atoms with E-state index in [0.29, 0.717) is 24.7 Å². The summed E-state index contributed by atoms with van der Waals surface area (Å²) in [5, 5.41) is 13.7. The van der Waals surface area contributed by atoms with Crippen molar-refractivity contribution in [1.29, 1.82) is 0 Å². The van der Waals surface area contributed by atoms with E-state index in [1.807, 2.05) is 6.92 Å². The van der Waals surface area contributed by atoms with Gasteiger partial charge in [-0.3, -0.25) is 10.1 Å². The Morgan fingerprint density at radius 3 is 2.67 bits per heavy atom. The highest BCUT2D eigenvalue weighted by molar-refractivity contribution is 7.89. The molecule has 1 aliphatic carbocycles. The molecule has 1 aromatic rings. The second kappa shape index (κ2) is 6.40. The van der Waals surface area contributed by atoms with E-state index in [9.17, 15) is 18.5 Å². The van der Waals surface area contributed by atoms with Crippen molar-refractivity contribution >= 4 is 21.4 Å². The van der Waals surface area contributed by atoms with Crippen molar-refractivity contribution in [3.8, 4) is 0 Å². The summed E-state index contributed by atoms with van der Waals surface area (Å²) in [7, 11) is -3.75. The van der Waals surface area contributed by atoms with Crippen LogP contribution in [-0.2, 0) is 10.0 Å². The van der Waals surface area contributed by atoms with Gasteiger partial charge in [0, 0.05) is 25.2 Å². The van der Waals surface area contributed by atoms with Gasteiger partial charge in [0.05, 0.1) is 10.6 Å². The number of hydrogen-bond acceptors (Lipinski definition) is 5. The molecule has 1 saturated carbocycles. The van der Waals surface area contributed by atoms with Crippen LogP contribution in [0.1, 0.15) is 26.2 Å². The summed E-state index contributed by atoms with van der Waals surface area (Å²) in [5.74, 6) is 0.617. The highest BCUT2D eigenvalue weighted by Crippen LogP contribution is 2.32. The number of rotatable bonds is 8. The third kappa shape index (κ3) is 4.15. The molecule has 8 heteroatoms. The van der Waals surface area contributed by atoms with Gasteiger partial charge in [0.15, 0.2) is 0 Å². The summed E-state index contributed by atoms with van der Waals surface area (Å²) < 4.78 is 27.2. The minimum Gasteiger partial charge on any atom is -0.384 e. The Hall–Kier alpha value is -1.67. The number of non-ortho nitro benzene ring substituents is 1. The van der Waals surface area contributed by atoms with E-state index in [1.165, 1.54) is 12.1 Å². The Labute approximate surface area is 123 Å². The fraction of sp³-hybridized carbons (Fsp3) is 0.538. The van der Waals surface area contributed by atoms with E-state index >= 15 is 0 Å². The molecule has 2 N–H and O–H groups in total. The number of hydrogen-bond donors (Lipinski definition) is 2. The van der Waals surface area contributed by atoms with Crippen LogP contribution >= 0.6 is 0 Å². The lowest BCUT2D eigenvalue weighted by atomic mass is 10.3. The maximum absolute atomic E-state index is 12.3. The highest BCUT2D eigenvalue weighted by atomic mass is 32.2. The molecule has 7 nitrogen and oxygen atoms in total. The van der Waals surface area contributed by atoms with Crippen LogP contribution in [0.2, 0.25) is 0 Å². The standard InChI is InChI=1S/C13H19N3O4S/c1-2-14-12-6-5-11(16(17)18)9-13(12)21(19,20)15-8-7-10-3-4-10/h5-6,9-10,14-15H,2-4,7-8H2,1H3. The van der Waals surface area contributed by atoms with Gasteiger partial charge < -0.3 is 5.32 Å². The Morgan fingerprint density at radius 2 is 2.10 bits per heavy atom. The van der Waals surface area contributed by atoms with Crippen molar-refractivity contribution in [2.75, 3.05) is 18.4 Å². The largest absolute Gasteiger partial charge is 0.384 e. The number of nitro benzene ring substituents is 1. The molecule has 2 rings (SSSR count). The number of benzene rings is 1. The van der Waals surface area contributed by atoms with Crippen LogP contribution in [0.4, 0.5) is 11.4 Å². The first-order chi connectivity index (χ1) is 9.94. The molecule has 1 fully saturated rings. The number of nitrogens with zero attached hydrogens (tertiary/aromatic N) is 1. The van der Waals surface area contributed by atoms with Gasteiger partial charge in [-0.05, 0) is 25.3 Å². The minimum absolute atomic E-state index is 0.0747. The molecular weight excluding hydrogens is 294 g/mol. The summed E-state index contributed by atoms with van der Waals surface area (Å²) in [6.07, 6.45) is 3.12. The molecular formula is C13H19N3O4S. The smallest absolute Gasteiger partial charge is 0.270 e. The highest BCUT2D eigenvalue weighted by Gasteiger charge is 2.24. The van der Waals surface area contributed by atoms with E-state index in [4.69, 9.17) is 0 Å². The predicted molar refractivity (Wildman–Crippen MR) is 79.8 cm³/mol. The zero-order valence-electron chi connectivity index (χ0n) is 11.8. The molecule has 21 heavy (non-hydrogen) atoms. The summed E-state index contributed by atoms with van der Waals surface area (Å²) >= 11 is 0. The second-order valence-electron chi connectivity index (χ2n) is 5.10. The van der Waals surface area contributed by atoms with E-state index in [-0.39, 0.29) is 10.6 Å². The first-order valence-corrected chi connectivity index (χ1v) is 8.44. The maximum atomic E-state index is 12.3. The van der Waals surface area contributed by atoms with E-state index < -0.39 is 14.9 Å². The van der Waals surface area contributed by atoms with Crippen LogP contribution < -0.4 is 10.0 Å². The molecule has 116 valence electrons. The topological polar surface area (TPSA) is 101 Å². The molecule has 0 aromatic heterocycles. The first kappa shape index (κ1) is 15.7. The summed E-state index contributed by atoms with van der Waals surface area (Å²) in [6.45, 7) is 2.72. The number of sulfonamides is 1. The minimum atomic E-state index is -3.75. The average Bonchev–Trinajstić information content (AvgIpc) is 3.23. The van der Waals surface area contributed by atoms with Crippen molar-refractivity contribution in [3.63, 3.8) is 0 Å². The fourth-order valence-electron chi connectivity index (χ4n) is 2.07. The molecule has 1 aliphatic rings. The molecule has 0 saturated heterocycles. The normalized spacial score (nSPS) is 14.9. The molecule has 0 unspecified atom stereocenters. The third-order valence-electron chi connectivity index (χ3n) is 3.37. The summed E-state index contributed by atoms with van der Waals surface area (Å²) in [4.78, 5) is 10.2. The van der Waals surface area contributed by atoms with Gasteiger partial charge in [0.2, 0.25) is 10.0 Å². The molecule has 0 atom stereocenters. The molecule has 0 aliphatic heterocycles. The zero-order valence-corrected chi connectivity index (χ0v) is 12.6. The average molecular weight is 313 g/mol.